The number of rotatable bonds is 8. The Labute approximate surface area is 115 Å². The normalized spacial score (nSPS) is 13.9. The van der Waals surface area contributed by atoms with Crippen molar-refractivity contribution in [3.8, 4) is 11.5 Å². The molecule has 0 fully saturated rings. The van der Waals surface area contributed by atoms with Gasteiger partial charge in [0.05, 0.1) is 6.61 Å². The van der Waals surface area contributed by atoms with Gasteiger partial charge in [0.1, 0.15) is 12.8 Å². The Bertz CT molecular complexity index is 424. The van der Waals surface area contributed by atoms with Crippen molar-refractivity contribution in [2.24, 2.45) is 0 Å². The first-order valence-corrected chi connectivity index (χ1v) is 6.49. The molecule has 114 valence electrons. The van der Waals surface area contributed by atoms with Crippen molar-refractivity contribution in [1.82, 2.24) is 0 Å². The minimum atomic E-state index is -1.89. The zero-order chi connectivity index (χ0) is 15.1. The third-order valence-corrected chi connectivity index (χ3v) is 2.66. The van der Waals surface area contributed by atoms with E-state index < -0.39 is 36.3 Å². The SMILES string of the molecule is CCCCOc1ccc(OCC(F)C(C)F)c(F)c1F. The summed E-state index contributed by atoms with van der Waals surface area (Å²) >= 11 is 0. The molecule has 0 aliphatic heterocycles. The van der Waals surface area contributed by atoms with Gasteiger partial charge in [-0.15, -0.1) is 0 Å². The molecule has 1 rings (SSSR count). The lowest BCUT2D eigenvalue weighted by molar-refractivity contribution is 0.116. The lowest BCUT2D eigenvalue weighted by atomic mass is 10.2. The number of benzene rings is 1. The Morgan fingerprint density at radius 1 is 1.05 bits per heavy atom. The first-order chi connectivity index (χ1) is 9.47. The Morgan fingerprint density at radius 3 is 2.10 bits per heavy atom. The Balaban J connectivity index is 2.68. The van der Waals surface area contributed by atoms with Crippen LogP contribution in [-0.4, -0.2) is 25.6 Å². The van der Waals surface area contributed by atoms with E-state index >= 15 is 0 Å². The lowest BCUT2D eigenvalue weighted by Crippen LogP contribution is -2.22. The molecule has 0 N–H and O–H groups in total. The highest BCUT2D eigenvalue weighted by Gasteiger charge is 2.19. The van der Waals surface area contributed by atoms with Crippen molar-refractivity contribution in [2.75, 3.05) is 13.2 Å². The second-order valence-electron chi connectivity index (χ2n) is 4.40. The minimum absolute atomic E-state index is 0.223. The summed E-state index contributed by atoms with van der Waals surface area (Å²) < 4.78 is 62.6. The molecule has 0 aliphatic rings. The summed E-state index contributed by atoms with van der Waals surface area (Å²) in [7, 11) is 0. The fourth-order valence-corrected chi connectivity index (χ4v) is 1.37. The van der Waals surface area contributed by atoms with Crippen LogP contribution in [0.15, 0.2) is 12.1 Å². The quantitative estimate of drug-likeness (QED) is 0.528. The molecule has 2 atom stereocenters. The molecule has 0 spiro atoms. The summed E-state index contributed by atoms with van der Waals surface area (Å²) in [6.07, 6.45) is -2.04. The molecule has 0 saturated carbocycles. The fraction of sp³-hybridized carbons (Fsp3) is 0.571. The van der Waals surface area contributed by atoms with Crippen LogP contribution in [0, 0.1) is 11.6 Å². The molecule has 0 heterocycles. The highest BCUT2D eigenvalue weighted by molar-refractivity contribution is 5.35. The maximum Gasteiger partial charge on any atom is 0.204 e. The van der Waals surface area contributed by atoms with E-state index in [0.717, 1.165) is 25.8 Å². The first kappa shape index (κ1) is 16.6. The van der Waals surface area contributed by atoms with Gasteiger partial charge in [-0.3, -0.25) is 0 Å². The predicted molar refractivity (Wildman–Crippen MR) is 67.7 cm³/mol. The summed E-state index contributed by atoms with van der Waals surface area (Å²) in [5, 5.41) is 0. The van der Waals surface area contributed by atoms with E-state index in [0.29, 0.717) is 0 Å². The van der Waals surface area contributed by atoms with Gasteiger partial charge in [0.25, 0.3) is 0 Å². The molecular weight excluding hydrogens is 276 g/mol. The van der Waals surface area contributed by atoms with Gasteiger partial charge in [-0.1, -0.05) is 13.3 Å². The molecule has 6 heteroatoms. The number of alkyl halides is 2. The third-order valence-electron chi connectivity index (χ3n) is 2.66. The van der Waals surface area contributed by atoms with Crippen LogP contribution in [-0.2, 0) is 0 Å². The fourth-order valence-electron chi connectivity index (χ4n) is 1.37. The topological polar surface area (TPSA) is 18.5 Å². The van der Waals surface area contributed by atoms with E-state index in [2.05, 4.69) is 0 Å². The first-order valence-electron chi connectivity index (χ1n) is 6.49. The summed E-state index contributed by atoms with van der Waals surface area (Å²) in [6.45, 7) is 2.56. The number of hydrogen-bond acceptors (Lipinski definition) is 2. The summed E-state index contributed by atoms with van der Waals surface area (Å²) in [5.74, 6) is -3.15. The van der Waals surface area contributed by atoms with Crippen LogP contribution in [0.5, 0.6) is 11.5 Å². The van der Waals surface area contributed by atoms with Crippen LogP contribution >= 0.6 is 0 Å². The molecule has 1 aromatic rings. The van der Waals surface area contributed by atoms with E-state index in [1.54, 1.807) is 0 Å². The second kappa shape index (κ2) is 7.97. The van der Waals surface area contributed by atoms with E-state index in [4.69, 9.17) is 9.47 Å². The number of hydrogen-bond donors (Lipinski definition) is 0. The Kier molecular flexibility index (Phi) is 6.61. The van der Waals surface area contributed by atoms with Gasteiger partial charge >= 0.3 is 0 Å². The van der Waals surface area contributed by atoms with Gasteiger partial charge in [-0.2, -0.15) is 8.78 Å². The van der Waals surface area contributed by atoms with E-state index in [-0.39, 0.29) is 12.4 Å². The molecule has 20 heavy (non-hydrogen) atoms. The van der Waals surface area contributed by atoms with Gasteiger partial charge in [0.15, 0.2) is 17.7 Å². The van der Waals surface area contributed by atoms with Gasteiger partial charge in [-0.05, 0) is 25.5 Å². The van der Waals surface area contributed by atoms with Crippen molar-refractivity contribution < 1.29 is 27.0 Å². The Hall–Kier alpha value is -1.46. The lowest BCUT2D eigenvalue weighted by Gasteiger charge is -2.13. The molecule has 1 aromatic carbocycles. The maximum atomic E-state index is 13.6. The standard InChI is InChI=1S/C14H18F4O2/c1-3-4-7-19-11-5-6-12(14(18)13(11)17)20-8-10(16)9(2)15/h5-6,9-10H,3-4,7-8H2,1-2H3. The Morgan fingerprint density at radius 2 is 1.60 bits per heavy atom. The van der Waals surface area contributed by atoms with Crippen molar-refractivity contribution in [3.05, 3.63) is 23.8 Å². The van der Waals surface area contributed by atoms with Crippen molar-refractivity contribution in [2.45, 2.75) is 39.0 Å². The van der Waals surface area contributed by atoms with Crippen LogP contribution in [0.25, 0.3) is 0 Å². The van der Waals surface area contributed by atoms with Crippen LogP contribution in [0.2, 0.25) is 0 Å². The minimum Gasteiger partial charge on any atom is -0.490 e. The molecule has 0 aliphatic carbocycles. The highest BCUT2D eigenvalue weighted by atomic mass is 19.2. The predicted octanol–water partition coefficient (Wildman–Crippen LogP) is 4.22. The molecule has 0 saturated heterocycles. The van der Waals surface area contributed by atoms with E-state index in [1.165, 1.54) is 6.07 Å². The molecule has 0 bridgehead atoms. The van der Waals surface area contributed by atoms with Gasteiger partial charge in [0, 0.05) is 0 Å². The van der Waals surface area contributed by atoms with E-state index in [1.807, 2.05) is 6.92 Å². The number of halogens is 4. The molecule has 0 aromatic heterocycles. The maximum absolute atomic E-state index is 13.6. The van der Waals surface area contributed by atoms with Crippen molar-refractivity contribution in [1.29, 1.82) is 0 Å². The second-order valence-corrected chi connectivity index (χ2v) is 4.40. The summed E-state index contributed by atoms with van der Waals surface area (Å²) in [4.78, 5) is 0. The summed E-state index contributed by atoms with van der Waals surface area (Å²) in [5.41, 5.74) is 0. The van der Waals surface area contributed by atoms with Gasteiger partial charge < -0.3 is 9.47 Å². The smallest absolute Gasteiger partial charge is 0.204 e. The third kappa shape index (κ3) is 4.58. The monoisotopic (exact) mass is 294 g/mol. The van der Waals surface area contributed by atoms with Crippen molar-refractivity contribution in [3.63, 3.8) is 0 Å². The number of unbranched alkanes of at least 4 members (excludes halogenated alkanes) is 1. The van der Waals surface area contributed by atoms with Crippen molar-refractivity contribution >= 4 is 0 Å². The average molecular weight is 294 g/mol. The molecule has 0 radical (unpaired) electrons. The van der Waals surface area contributed by atoms with Crippen LogP contribution < -0.4 is 9.47 Å². The van der Waals surface area contributed by atoms with Gasteiger partial charge in [-0.25, -0.2) is 8.78 Å². The molecule has 2 nitrogen and oxygen atoms in total. The molecular formula is C14H18F4O2. The number of ether oxygens (including phenoxy) is 2. The highest BCUT2D eigenvalue weighted by Crippen LogP contribution is 2.28. The largest absolute Gasteiger partial charge is 0.490 e. The molecule has 0 amide bonds. The average Bonchev–Trinajstić information content (AvgIpc) is 2.42. The zero-order valence-electron chi connectivity index (χ0n) is 11.5. The van der Waals surface area contributed by atoms with Crippen LogP contribution in [0.3, 0.4) is 0 Å². The van der Waals surface area contributed by atoms with Crippen LogP contribution in [0.1, 0.15) is 26.7 Å². The van der Waals surface area contributed by atoms with Gasteiger partial charge in [0.2, 0.25) is 11.6 Å². The van der Waals surface area contributed by atoms with E-state index in [9.17, 15) is 17.6 Å². The summed E-state index contributed by atoms with van der Waals surface area (Å²) in [6, 6.07) is 2.34. The zero-order valence-corrected chi connectivity index (χ0v) is 11.5. The molecule has 2 unspecified atom stereocenters. The van der Waals surface area contributed by atoms with Crippen LogP contribution in [0.4, 0.5) is 17.6 Å².